The Balaban J connectivity index is 2.74. The van der Waals surface area contributed by atoms with Crippen molar-refractivity contribution in [1.29, 1.82) is 0 Å². The standard InChI is InChI=1S/C13H7F3O2/c14-10-4-2-1-3-7(10)8-5-11(15)12(16)6-9(8)13(17)18/h1-6H,(H,17,18). The Morgan fingerprint density at radius 2 is 1.50 bits per heavy atom. The Labute approximate surface area is 100 Å². The molecule has 0 spiro atoms. The molecule has 2 aromatic rings. The molecule has 18 heavy (non-hydrogen) atoms. The van der Waals surface area contributed by atoms with Gasteiger partial charge in [0.15, 0.2) is 11.6 Å². The lowest BCUT2D eigenvalue weighted by Crippen LogP contribution is -2.03. The Hall–Kier alpha value is -2.30. The molecule has 2 aromatic carbocycles. The molecule has 0 radical (unpaired) electrons. The summed E-state index contributed by atoms with van der Waals surface area (Å²) in [6.07, 6.45) is 0. The van der Waals surface area contributed by atoms with Crippen molar-refractivity contribution in [2.75, 3.05) is 0 Å². The van der Waals surface area contributed by atoms with E-state index in [2.05, 4.69) is 0 Å². The molecule has 0 bridgehead atoms. The molecule has 0 heterocycles. The molecule has 0 saturated heterocycles. The zero-order valence-electron chi connectivity index (χ0n) is 8.95. The third kappa shape index (κ3) is 2.07. The zero-order chi connectivity index (χ0) is 13.3. The predicted molar refractivity (Wildman–Crippen MR) is 58.7 cm³/mol. The summed E-state index contributed by atoms with van der Waals surface area (Å²) in [4.78, 5) is 11.0. The molecular formula is C13H7F3O2. The number of benzene rings is 2. The van der Waals surface area contributed by atoms with Crippen molar-refractivity contribution in [2.45, 2.75) is 0 Å². The van der Waals surface area contributed by atoms with Gasteiger partial charge in [-0.3, -0.25) is 0 Å². The van der Waals surface area contributed by atoms with Gasteiger partial charge in [-0.1, -0.05) is 18.2 Å². The molecule has 0 aliphatic rings. The summed E-state index contributed by atoms with van der Waals surface area (Å²) in [5.41, 5.74) is -0.771. The molecule has 0 aliphatic carbocycles. The number of hydrogen-bond acceptors (Lipinski definition) is 1. The smallest absolute Gasteiger partial charge is 0.336 e. The van der Waals surface area contributed by atoms with Gasteiger partial charge in [0.2, 0.25) is 0 Å². The highest BCUT2D eigenvalue weighted by molar-refractivity contribution is 5.96. The first-order valence-corrected chi connectivity index (χ1v) is 4.98. The van der Waals surface area contributed by atoms with E-state index in [1.807, 2.05) is 0 Å². The fourth-order valence-corrected chi connectivity index (χ4v) is 1.63. The van der Waals surface area contributed by atoms with Gasteiger partial charge in [0.1, 0.15) is 5.82 Å². The van der Waals surface area contributed by atoms with E-state index in [0.29, 0.717) is 12.1 Å². The maximum atomic E-state index is 13.5. The van der Waals surface area contributed by atoms with Crippen molar-refractivity contribution >= 4 is 5.97 Å². The number of carboxylic acids is 1. The van der Waals surface area contributed by atoms with Gasteiger partial charge in [0.05, 0.1) is 5.56 Å². The summed E-state index contributed by atoms with van der Waals surface area (Å²) >= 11 is 0. The van der Waals surface area contributed by atoms with Crippen molar-refractivity contribution < 1.29 is 23.1 Å². The minimum atomic E-state index is -1.45. The molecule has 0 saturated carbocycles. The second-order valence-corrected chi connectivity index (χ2v) is 3.60. The zero-order valence-corrected chi connectivity index (χ0v) is 8.95. The van der Waals surface area contributed by atoms with Crippen molar-refractivity contribution in [3.63, 3.8) is 0 Å². The van der Waals surface area contributed by atoms with E-state index in [0.717, 1.165) is 6.07 Å². The van der Waals surface area contributed by atoms with Gasteiger partial charge in [-0.15, -0.1) is 0 Å². The van der Waals surface area contributed by atoms with Gasteiger partial charge in [-0.05, 0) is 18.2 Å². The molecule has 0 fully saturated rings. The van der Waals surface area contributed by atoms with Gasteiger partial charge < -0.3 is 5.11 Å². The van der Waals surface area contributed by atoms with Crippen molar-refractivity contribution in [3.8, 4) is 11.1 Å². The number of carbonyl (C=O) groups is 1. The van der Waals surface area contributed by atoms with E-state index < -0.39 is 29.0 Å². The van der Waals surface area contributed by atoms with Crippen LogP contribution >= 0.6 is 0 Å². The minimum Gasteiger partial charge on any atom is -0.478 e. The average Bonchev–Trinajstić information content (AvgIpc) is 2.32. The number of halogens is 3. The first kappa shape index (κ1) is 12.2. The van der Waals surface area contributed by atoms with E-state index >= 15 is 0 Å². The van der Waals surface area contributed by atoms with Crippen LogP contribution in [0.4, 0.5) is 13.2 Å². The first-order valence-electron chi connectivity index (χ1n) is 4.98. The predicted octanol–water partition coefficient (Wildman–Crippen LogP) is 3.47. The molecular weight excluding hydrogens is 245 g/mol. The molecule has 0 aliphatic heterocycles. The molecule has 2 rings (SSSR count). The molecule has 0 atom stereocenters. The second-order valence-electron chi connectivity index (χ2n) is 3.60. The third-order valence-corrected chi connectivity index (χ3v) is 2.45. The number of aromatic carboxylic acids is 1. The Bertz CT molecular complexity index is 624. The highest BCUT2D eigenvalue weighted by Crippen LogP contribution is 2.28. The molecule has 1 N–H and O–H groups in total. The molecule has 5 heteroatoms. The Morgan fingerprint density at radius 3 is 2.11 bits per heavy atom. The largest absolute Gasteiger partial charge is 0.478 e. The fourth-order valence-electron chi connectivity index (χ4n) is 1.63. The van der Waals surface area contributed by atoms with Crippen molar-refractivity contribution in [3.05, 3.63) is 59.4 Å². The summed E-state index contributed by atoms with van der Waals surface area (Å²) in [7, 11) is 0. The number of hydrogen-bond donors (Lipinski definition) is 1. The molecule has 2 nitrogen and oxygen atoms in total. The average molecular weight is 252 g/mol. The monoisotopic (exact) mass is 252 g/mol. The van der Waals surface area contributed by atoms with Gasteiger partial charge in [0.25, 0.3) is 0 Å². The van der Waals surface area contributed by atoms with Gasteiger partial charge in [0, 0.05) is 11.1 Å². The fraction of sp³-hybridized carbons (Fsp3) is 0. The summed E-state index contributed by atoms with van der Waals surface area (Å²) in [5.74, 6) is -4.66. The van der Waals surface area contributed by atoms with E-state index in [4.69, 9.17) is 5.11 Å². The van der Waals surface area contributed by atoms with Crippen LogP contribution in [-0.4, -0.2) is 11.1 Å². The molecule has 0 amide bonds. The van der Waals surface area contributed by atoms with Gasteiger partial charge in [-0.2, -0.15) is 0 Å². The Kier molecular flexibility index (Phi) is 3.06. The lowest BCUT2D eigenvalue weighted by Gasteiger charge is -2.08. The normalized spacial score (nSPS) is 10.4. The lowest BCUT2D eigenvalue weighted by molar-refractivity contribution is 0.0697. The van der Waals surface area contributed by atoms with E-state index in [1.165, 1.54) is 18.2 Å². The first-order chi connectivity index (χ1) is 8.50. The van der Waals surface area contributed by atoms with Crippen LogP contribution < -0.4 is 0 Å². The molecule has 0 unspecified atom stereocenters. The van der Waals surface area contributed by atoms with Crippen molar-refractivity contribution in [2.24, 2.45) is 0 Å². The molecule has 92 valence electrons. The maximum absolute atomic E-state index is 13.5. The second kappa shape index (κ2) is 4.52. The summed E-state index contributed by atoms with van der Waals surface area (Å²) in [6.45, 7) is 0. The van der Waals surface area contributed by atoms with E-state index in [1.54, 1.807) is 0 Å². The lowest BCUT2D eigenvalue weighted by atomic mass is 9.99. The van der Waals surface area contributed by atoms with Gasteiger partial charge >= 0.3 is 5.97 Å². The summed E-state index contributed by atoms with van der Waals surface area (Å²) < 4.78 is 39.7. The quantitative estimate of drug-likeness (QED) is 0.888. The number of rotatable bonds is 2. The van der Waals surface area contributed by atoms with E-state index in [-0.39, 0.29) is 11.1 Å². The molecule has 0 aromatic heterocycles. The van der Waals surface area contributed by atoms with Crippen molar-refractivity contribution in [1.82, 2.24) is 0 Å². The van der Waals surface area contributed by atoms with Crippen LogP contribution in [0.3, 0.4) is 0 Å². The maximum Gasteiger partial charge on any atom is 0.336 e. The SMILES string of the molecule is O=C(O)c1cc(F)c(F)cc1-c1ccccc1F. The van der Waals surface area contributed by atoms with Crippen LogP contribution in [0.15, 0.2) is 36.4 Å². The van der Waals surface area contributed by atoms with Crippen LogP contribution in [0, 0.1) is 17.5 Å². The van der Waals surface area contributed by atoms with Crippen LogP contribution in [0.2, 0.25) is 0 Å². The summed E-state index contributed by atoms with van der Waals surface area (Å²) in [5, 5.41) is 8.92. The van der Waals surface area contributed by atoms with Gasteiger partial charge in [-0.25, -0.2) is 18.0 Å². The van der Waals surface area contributed by atoms with Crippen LogP contribution in [0.1, 0.15) is 10.4 Å². The summed E-state index contributed by atoms with van der Waals surface area (Å²) in [6, 6.07) is 6.53. The minimum absolute atomic E-state index is 0.0891. The Morgan fingerprint density at radius 1 is 0.889 bits per heavy atom. The third-order valence-electron chi connectivity index (χ3n) is 2.45. The topological polar surface area (TPSA) is 37.3 Å². The van der Waals surface area contributed by atoms with Crippen LogP contribution in [-0.2, 0) is 0 Å². The van der Waals surface area contributed by atoms with Crippen LogP contribution in [0.25, 0.3) is 11.1 Å². The van der Waals surface area contributed by atoms with Crippen LogP contribution in [0.5, 0.6) is 0 Å². The highest BCUT2D eigenvalue weighted by Gasteiger charge is 2.18. The number of carboxylic acid groups (broad SMARTS) is 1. The van der Waals surface area contributed by atoms with E-state index in [9.17, 15) is 18.0 Å². The highest BCUT2D eigenvalue weighted by atomic mass is 19.2.